The second kappa shape index (κ2) is 7.57. The van der Waals surface area contributed by atoms with Crippen molar-refractivity contribution < 1.29 is 9.21 Å². The predicted octanol–water partition coefficient (Wildman–Crippen LogP) is 3.33. The van der Waals surface area contributed by atoms with E-state index >= 15 is 0 Å². The number of hydrogen-bond acceptors (Lipinski definition) is 5. The number of furan rings is 1. The van der Waals surface area contributed by atoms with Crippen LogP contribution in [0.25, 0.3) is 11.8 Å². The van der Waals surface area contributed by atoms with E-state index in [1.807, 2.05) is 42.2 Å². The minimum absolute atomic E-state index is 0.0483. The molecule has 7 nitrogen and oxygen atoms in total. The molecule has 0 saturated carbocycles. The lowest BCUT2D eigenvalue weighted by atomic mass is 10.0. The standard InChI is InChI=1S/C20H21N5O2/c1-15-5-4-6-17(13-15)25-22-20(21-23-25)18-7-2-3-11-24(18)19(26)9-8-16-10-12-27-14-16/h4-6,8-10,12-14,18H,2-3,7,11H2,1H3/b9-8+. The van der Waals surface area contributed by atoms with E-state index in [1.54, 1.807) is 24.7 Å². The molecule has 1 aliphatic rings. The van der Waals surface area contributed by atoms with Crippen molar-refractivity contribution in [2.24, 2.45) is 0 Å². The number of amides is 1. The van der Waals surface area contributed by atoms with E-state index < -0.39 is 0 Å². The smallest absolute Gasteiger partial charge is 0.247 e. The van der Waals surface area contributed by atoms with Gasteiger partial charge in [-0.3, -0.25) is 4.79 Å². The summed E-state index contributed by atoms with van der Waals surface area (Å²) in [4.78, 5) is 16.1. The van der Waals surface area contributed by atoms with Crippen LogP contribution in [-0.2, 0) is 4.79 Å². The molecule has 0 N–H and O–H groups in total. The molecule has 27 heavy (non-hydrogen) atoms. The summed E-state index contributed by atoms with van der Waals surface area (Å²) in [6.07, 6.45) is 9.38. The molecule has 0 spiro atoms. The maximum atomic E-state index is 12.7. The predicted molar refractivity (Wildman–Crippen MR) is 99.9 cm³/mol. The van der Waals surface area contributed by atoms with Crippen LogP contribution in [0, 0.1) is 6.92 Å². The number of aryl methyl sites for hydroxylation is 1. The second-order valence-corrected chi connectivity index (χ2v) is 6.71. The van der Waals surface area contributed by atoms with E-state index in [0.717, 1.165) is 36.1 Å². The highest BCUT2D eigenvalue weighted by molar-refractivity contribution is 5.92. The number of aromatic nitrogens is 4. The number of tetrazole rings is 1. The maximum Gasteiger partial charge on any atom is 0.247 e. The Kier molecular flexibility index (Phi) is 4.82. The van der Waals surface area contributed by atoms with Crippen molar-refractivity contribution in [3.05, 3.63) is 65.9 Å². The molecule has 1 fully saturated rings. The zero-order chi connectivity index (χ0) is 18.6. The lowest BCUT2D eigenvalue weighted by molar-refractivity contribution is -0.129. The third-order valence-corrected chi connectivity index (χ3v) is 4.71. The fourth-order valence-electron chi connectivity index (χ4n) is 3.32. The van der Waals surface area contributed by atoms with Crippen molar-refractivity contribution in [2.75, 3.05) is 6.54 Å². The van der Waals surface area contributed by atoms with E-state index in [1.165, 1.54) is 4.80 Å². The molecule has 1 aromatic carbocycles. The van der Waals surface area contributed by atoms with Crippen molar-refractivity contribution in [2.45, 2.75) is 32.2 Å². The SMILES string of the molecule is Cc1cccc(-n2nnc(C3CCCCN3C(=O)/C=C/c3ccoc3)n2)c1. The number of piperidine rings is 1. The number of carbonyl (C=O) groups is 1. The van der Waals surface area contributed by atoms with Crippen LogP contribution in [0.2, 0.25) is 0 Å². The van der Waals surface area contributed by atoms with Crippen LogP contribution in [0.5, 0.6) is 0 Å². The Morgan fingerprint density at radius 3 is 3.04 bits per heavy atom. The molecular formula is C20H21N5O2. The molecule has 0 radical (unpaired) electrons. The average Bonchev–Trinajstić information content (AvgIpc) is 3.38. The van der Waals surface area contributed by atoms with Gasteiger partial charge in [-0.2, -0.15) is 0 Å². The van der Waals surface area contributed by atoms with Gasteiger partial charge >= 0.3 is 0 Å². The molecule has 1 atom stereocenters. The number of hydrogen-bond donors (Lipinski definition) is 0. The summed E-state index contributed by atoms with van der Waals surface area (Å²) in [7, 11) is 0. The number of carbonyl (C=O) groups excluding carboxylic acids is 1. The Hall–Kier alpha value is -3.22. The zero-order valence-electron chi connectivity index (χ0n) is 15.2. The lowest BCUT2D eigenvalue weighted by Gasteiger charge is -2.33. The van der Waals surface area contributed by atoms with E-state index in [-0.39, 0.29) is 11.9 Å². The lowest BCUT2D eigenvalue weighted by Crippen LogP contribution is -2.38. The Balaban J connectivity index is 1.55. The highest BCUT2D eigenvalue weighted by atomic mass is 16.3. The minimum Gasteiger partial charge on any atom is -0.472 e. The van der Waals surface area contributed by atoms with Gasteiger partial charge in [-0.15, -0.1) is 15.0 Å². The molecule has 3 heterocycles. The average molecular weight is 363 g/mol. The van der Waals surface area contributed by atoms with Crippen LogP contribution in [0.15, 0.2) is 53.4 Å². The summed E-state index contributed by atoms with van der Waals surface area (Å²) in [6.45, 7) is 2.72. The Bertz CT molecular complexity index is 945. The van der Waals surface area contributed by atoms with Gasteiger partial charge in [0.05, 0.1) is 24.3 Å². The van der Waals surface area contributed by atoms with E-state index in [4.69, 9.17) is 4.42 Å². The van der Waals surface area contributed by atoms with Gasteiger partial charge in [0.15, 0.2) is 5.82 Å². The third kappa shape index (κ3) is 3.81. The summed E-state index contributed by atoms with van der Waals surface area (Å²) in [5.41, 5.74) is 2.85. The molecule has 1 unspecified atom stereocenters. The molecule has 2 aromatic heterocycles. The maximum absolute atomic E-state index is 12.7. The first-order chi connectivity index (χ1) is 13.2. The molecule has 1 saturated heterocycles. The van der Waals surface area contributed by atoms with Crippen molar-refractivity contribution >= 4 is 12.0 Å². The summed E-state index contributed by atoms with van der Waals surface area (Å²) >= 11 is 0. The van der Waals surface area contributed by atoms with Crippen LogP contribution in [-0.4, -0.2) is 37.6 Å². The molecule has 4 rings (SSSR count). The quantitative estimate of drug-likeness (QED) is 0.665. The first kappa shape index (κ1) is 17.2. The second-order valence-electron chi connectivity index (χ2n) is 6.71. The first-order valence-corrected chi connectivity index (χ1v) is 9.08. The fourth-order valence-corrected chi connectivity index (χ4v) is 3.32. The topological polar surface area (TPSA) is 77.0 Å². The Morgan fingerprint density at radius 1 is 1.30 bits per heavy atom. The number of nitrogens with zero attached hydrogens (tertiary/aromatic N) is 5. The molecule has 1 aliphatic heterocycles. The monoisotopic (exact) mass is 363 g/mol. The molecule has 138 valence electrons. The first-order valence-electron chi connectivity index (χ1n) is 9.08. The fraction of sp³-hybridized carbons (Fsp3) is 0.300. The van der Waals surface area contributed by atoms with Crippen LogP contribution in [0.4, 0.5) is 0 Å². The minimum atomic E-state index is -0.154. The van der Waals surface area contributed by atoms with E-state index in [9.17, 15) is 4.79 Å². The molecule has 7 heteroatoms. The van der Waals surface area contributed by atoms with Gasteiger partial charge in [-0.25, -0.2) is 0 Å². The summed E-state index contributed by atoms with van der Waals surface area (Å²) in [5.74, 6) is 0.536. The Morgan fingerprint density at radius 2 is 2.22 bits per heavy atom. The van der Waals surface area contributed by atoms with Gasteiger partial charge in [0.25, 0.3) is 0 Å². The zero-order valence-corrected chi connectivity index (χ0v) is 15.2. The molecule has 1 amide bonds. The Labute approximate surface area is 157 Å². The van der Waals surface area contributed by atoms with Crippen LogP contribution < -0.4 is 0 Å². The van der Waals surface area contributed by atoms with Gasteiger partial charge in [-0.1, -0.05) is 12.1 Å². The summed E-state index contributed by atoms with van der Waals surface area (Å²) in [6, 6.07) is 9.59. The highest BCUT2D eigenvalue weighted by Crippen LogP contribution is 2.29. The van der Waals surface area contributed by atoms with Gasteiger partial charge in [0.1, 0.15) is 0 Å². The highest BCUT2D eigenvalue weighted by Gasteiger charge is 2.30. The van der Waals surface area contributed by atoms with Gasteiger partial charge in [0, 0.05) is 18.2 Å². The largest absolute Gasteiger partial charge is 0.472 e. The van der Waals surface area contributed by atoms with Gasteiger partial charge in [0.2, 0.25) is 5.91 Å². The molecular weight excluding hydrogens is 342 g/mol. The van der Waals surface area contributed by atoms with Crippen LogP contribution in [0.1, 0.15) is 42.3 Å². The van der Waals surface area contributed by atoms with Crippen LogP contribution >= 0.6 is 0 Å². The van der Waals surface area contributed by atoms with E-state index in [0.29, 0.717) is 12.4 Å². The molecule has 3 aromatic rings. The van der Waals surface area contributed by atoms with E-state index in [2.05, 4.69) is 15.4 Å². The number of likely N-dealkylation sites (tertiary alicyclic amines) is 1. The number of rotatable bonds is 4. The van der Waals surface area contributed by atoms with Crippen molar-refractivity contribution in [1.82, 2.24) is 25.1 Å². The normalized spacial score (nSPS) is 17.5. The number of benzene rings is 1. The summed E-state index contributed by atoms with van der Waals surface area (Å²) < 4.78 is 5.03. The van der Waals surface area contributed by atoms with Crippen molar-refractivity contribution in [3.8, 4) is 5.69 Å². The summed E-state index contributed by atoms with van der Waals surface area (Å²) in [5, 5.41) is 13.0. The third-order valence-electron chi connectivity index (χ3n) is 4.71. The molecule has 0 aliphatic carbocycles. The van der Waals surface area contributed by atoms with Crippen molar-refractivity contribution in [3.63, 3.8) is 0 Å². The van der Waals surface area contributed by atoms with Gasteiger partial charge in [-0.05, 0) is 61.2 Å². The van der Waals surface area contributed by atoms with Crippen LogP contribution in [0.3, 0.4) is 0 Å². The van der Waals surface area contributed by atoms with Crippen molar-refractivity contribution in [1.29, 1.82) is 0 Å². The molecule has 0 bridgehead atoms. The van der Waals surface area contributed by atoms with Gasteiger partial charge < -0.3 is 9.32 Å².